The molecule has 7 heteroatoms. The Balaban J connectivity index is 1.32. The number of hydrogen-bond donors (Lipinski definition) is 3. The van der Waals surface area contributed by atoms with Gasteiger partial charge in [0.25, 0.3) is 0 Å². The van der Waals surface area contributed by atoms with E-state index in [2.05, 4.69) is 43.6 Å². The van der Waals surface area contributed by atoms with Crippen molar-refractivity contribution >= 4 is 22.0 Å². The molecule has 2 amide bonds. The summed E-state index contributed by atoms with van der Waals surface area (Å²) in [5.41, 5.74) is 2.29. The van der Waals surface area contributed by atoms with Gasteiger partial charge in [0.15, 0.2) is 0 Å². The number of benzene rings is 2. The van der Waals surface area contributed by atoms with Gasteiger partial charge in [0.05, 0.1) is 11.8 Å². The third kappa shape index (κ3) is 4.43. The van der Waals surface area contributed by atoms with E-state index in [0.717, 1.165) is 51.6 Å². The summed E-state index contributed by atoms with van der Waals surface area (Å²) >= 11 is 3.32. The zero-order valence-electron chi connectivity index (χ0n) is 18.0. The number of nitrogens with one attached hydrogen (secondary N) is 2. The normalized spacial score (nSPS) is 27.7. The Hall–Kier alpha value is -1.96. The summed E-state index contributed by atoms with van der Waals surface area (Å²) < 4.78 is 15.3. The molecule has 2 aromatic carbocycles. The first-order chi connectivity index (χ1) is 15.3. The molecule has 170 valence electrons. The predicted molar refractivity (Wildman–Crippen MR) is 124 cm³/mol. The first kappa shape index (κ1) is 21.9. The fraction of sp³-hybridized carbons (Fsp3) is 0.480. The third-order valence-corrected chi connectivity index (χ3v) is 8.11. The molecule has 2 bridgehead atoms. The number of carbonyl (C=O) groups is 1. The quantitative estimate of drug-likeness (QED) is 0.560. The number of nitrogens with zero attached hydrogens (tertiary/aromatic N) is 1. The lowest BCUT2D eigenvalue weighted by Crippen LogP contribution is -2.62. The average Bonchev–Trinajstić information content (AvgIpc) is 3.20. The smallest absolute Gasteiger partial charge is 0.316 e. The number of carbonyl (C=O) groups excluding carboxylic acids is 1. The molecule has 0 spiro atoms. The van der Waals surface area contributed by atoms with Crippen LogP contribution in [0, 0.1) is 5.82 Å². The summed E-state index contributed by atoms with van der Waals surface area (Å²) in [6, 6.07) is 13.1. The van der Waals surface area contributed by atoms with Gasteiger partial charge in [0.1, 0.15) is 5.82 Å². The van der Waals surface area contributed by atoms with Gasteiger partial charge in [-0.15, -0.1) is 0 Å². The molecule has 0 radical (unpaired) electrons. The van der Waals surface area contributed by atoms with Crippen LogP contribution in [0.25, 0.3) is 0 Å². The van der Waals surface area contributed by atoms with Gasteiger partial charge in [-0.25, -0.2) is 9.18 Å². The highest BCUT2D eigenvalue weighted by molar-refractivity contribution is 9.10. The van der Waals surface area contributed by atoms with E-state index in [0.29, 0.717) is 16.5 Å². The number of rotatable bonds is 5. The molecular weight excluding hydrogens is 473 g/mol. The second-order valence-electron chi connectivity index (χ2n) is 9.73. The molecular formula is C25H29BrFN3O2. The van der Waals surface area contributed by atoms with Crippen molar-refractivity contribution in [2.45, 2.75) is 75.3 Å². The Morgan fingerprint density at radius 1 is 1.06 bits per heavy atom. The van der Waals surface area contributed by atoms with Gasteiger partial charge in [0, 0.05) is 29.5 Å². The van der Waals surface area contributed by atoms with Crippen LogP contribution in [0.2, 0.25) is 0 Å². The molecule has 3 saturated carbocycles. The molecule has 1 atom stereocenters. The lowest BCUT2D eigenvalue weighted by atomic mass is 9.63. The van der Waals surface area contributed by atoms with Crippen molar-refractivity contribution in [3.05, 3.63) is 69.4 Å². The van der Waals surface area contributed by atoms with Gasteiger partial charge >= 0.3 is 6.03 Å². The Labute approximate surface area is 196 Å². The summed E-state index contributed by atoms with van der Waals surface area (Å²) in [7, 11) is 0. The summed E-state index contributed by atoms with van der Waals surface area (Å²) in [5, 5.41) is 16.9. The molecule has 1 unspecified atom stereocenters. The average molecular weight is 502 g/mol. The van der Waals surface area contributed by atoms with Crippen molar-refractivity contribution < 1.29 is 14.3 Å². The maximum absolute atomic E-state index is 14.6. The number of urea groups is 1. The molecule has 3 fully saturated rings. The fourth-order valence-corrected chi connectivity index (χ4v) is 5.86. The second kappa shape index (κ2) is 8.43. The minimum Gasteiger partial charge on any atom is -0.390 e. The van der Waals surface area contributed by atoms with Crippen molar-refractivity contribution in [3.8, 4) is 0 Å². The SMILES string of the molecule is O=C(NC(Cc1ccc(Br)cc1F)N1Cc2ccccc2C1)NC12CCC(O)(CC1)CC2. The highest BCUT2D eigenvalue weighted by Crippen LogP contribution is 2.46. The van der Waals surface area contributed by atoms with Gasteiger partial charge < -0.3 is 15.7 Å². The number of amides is 2. The molecule has 2 aromatic rings. The predicted octanol–water partition coefficient (Wildman–Crippen LogP) is 4.61. The molecule has 3 N–H and O–H groups in total. The van der Waals surface area contributed by atoms with E-state index < -0.39 is 5.60 Å². The van der Waals surface area contributed by atoms with E-state index >= 15 is 0 Å². The van der Waals surface area contributed by atoms with Crippen molar-refractivity contribution in [2.24, 2.45) is 0 Å². The minimum atomic E-state index is -0.539. The van der Waals surface area contributed by atoms with Crippen molar-refractivity contribution in [1.29, 1.82) is 0 Å². The highest BCUT2D eigenvalue weighted by Gasteiger charge is 2.48. The van der Waals surface area contributed by atoms with E-state index in [1.165, 1.54) is 17.2 Å². The van der Waals surface area contributed by atoms with Crippen LogP contribution in [0.1, 0.15) is 55.2 Å². The van der Waals surface area contributed by atoms with Gasteiger partial charge in [-0.2, -0.15) is 0 Å². The van der Waals surface area contributed by atoms with E-state index in [4.69, 9.17) is 0 Å². The van der Waals surface area contributed by atoms with Crippen LogP contribution in [0.4, 0.5) is 9.18 Å². The van der Waals surface area contributed by atoms with Crippen LogP contribution in [-0.4, -0.2) is 33.3 Å². The van der Waals surface area contributed by atoms with Crippen molar-refractivity contribution in [1.82, 2.24) is 15.5 Å². The van der Waals surface area contributed by atoms with Gasteiger partial charge in [-0.3, -0.25) is 4.90 Å². The Morgan fingerprint density at radius 3 is 2.28 bits per heavy atom. The van der Waals surface area contributed by atoms with E-state index in [-0.39, 0.29) is 23.6 Å². The second-order valence-corrected chi connectivity index (χ2v) is 10.6. The van der Waals surface area contributed by atoms with Crippen LogP contribution < -0.4 is 10.6 Å². The van der Waals surface area contributed by atoms with Gasteiger partial charge in [-0.05, 0) is 67.3 Å². The van der Waals surface area contributed by atoms with Crippen molar-refractivity contribution in [3.63, 3.8) is 0 Å². The standard InChI is InChI=1S/C25H29BrFN3O2/c26-20-6-5-17(21(27)14-20)13-22(30-15-18-3-1-2-4-19(18)16-30)28-23(31)29-24-7-10-25(32,11-8-24)12-9-24/h1-6,14,22,32H,7-13,15-16H2,(H2,28,29,31). The molecule has 0 saturated heterocycles. The topological polar surface area (TPSA) is 64.6 Å². The zero-order chi connectivity index (χ0) is 22.3. The Morgan fingerprint density at radius 2 is 1.69 bits per heavy atom. The number of aliphatic hydroxyl groups is 1. The maximum atomic E-state index is 14.6. The summed E-state index contributed by atoms with van der Waals surface area (Å²) in [6.07, 6.45) is 4.67. The zero-order valence-corrected chi connectivity index (χ0v) is 19.6. The monoisotopic (exact) mass is 501 g/mol. The highest BCUT2D eigenvalue weighted by atomic mass is 79.9. The third-order valence-electron chi connectivity index (χ3n) is 7.62. The number of hydrogen-bond acceptors (Lipinski definition) is 3. The lowest BCUT2D eigenvalue weighted by Gasteiger charge is -2.51. The first-order valence-electron chi connectivity index (χ1n) is 11.4. The summed E-state index contributed by atoms with van der Waals surface area (Å²) in [5.74, 6) is -0.277. The number of fused-ring (bicyclic) bond motifs is 4. The molecule has 5 nitrogen and oxygen atoms in total. The van der Waals surface area contributed by atoms with Crippen molar-refractivity contribution in [2.75, 3.05) is 0 Å². The number of halogens is 2. The fourth-order valence-electron chi connectivity index (χ4n) is 5.53. The molecule has 1 aliphatic heterocycles. The lowest BCUT2D eigenvalue weighted by molar-refractivity contribution is -0.0695. The summed E-state index contributed by atoms with van der Waals surface area (Å²) in [4.78, 5) is 15.3. The molecule has 6 rings (SSSR count). The van der Waals surface area contributed by atoms with Gasteiger partial charge in [-0.1, -0.05) is 46.3 Å². The molecule has 0 aromatic heterocycles. The van der Waals surface area contributed by atoms with Crippen LogP contribution in [0.5, 0.6) is 0 Å². The van der Waals surface area contributed by atoms with Crippen LogP contribution in [0.3, 0.4) is 0 Å². The largest absolute Gasteiger partial charge is 0.390 e. The molecule has 3 aliphatic carbocycles. The first-order valence-corrected chi connectivity index (χ1v) is 12.2. The Bertz CT molecular complexity index is 980. The van der Waals surface area contributed by atoms with Crippen LogP contribution in [-0.2, 0) is 19.5 Å². The van der Waals surface area contributed by atoms with Crippen LogP contribution >= 0.6 is 15.9 Å². The summed E-state index contributed by atoms with van der Waals surface area (Å²) in [6.45, 7) is 1.44. The van der Waals surface area contributed by atoms with E-state index in [1.54, 1.807) is 6.07 Å². The van der Waals surface area contributed by atoms with Gasteiger partial charge in [0.2, 0.25) is 0 Å². The minimum absolute atomic E-state index is 0.212. The van der Waals surface area contributed by atoms with E-state index in [1.807, 2.05) is 18.2 Å². The molecule has 1 heterocycles. The molecule has 32 heavy (non-hydrogen) atoms. The van der Waals surface area contributed by atoms with E-state index in [9.17, 15) is 14.3 Å². The Kier molecular flexibility index (Phi) is 5.76. The molecule has 4 aliphatic rings. The van der Waals surface area contributed by atoms with Crippen LogP contribution in [0.15, 0.2) is 46.9 Å². The maximum Gasteiger partial charge on any atom is 0.316 e.